The number of nitrogens with zero attached hydrogens (tertiary/aromatic N) is 1. The number of hydrogen-bond donors (Lipinski definition) is 1. The average Bonchev–Trinajstić information content (AvgIpc) is 2.91. The molecule has 3 fully saturated rings. The molecule has 0 radical (unpaired) electrons. The van der Waals surface area contributed by atoms with Crippen LogP contribution < -0.4 is 5.32 Å². The van der Waals surface area contributed by atoms with Crippen molar-refractivity contribution in [1.29, 1.82) is 0 Å². The summed E-state index contributed by atoms with van der Waals surface area (Å²) in [6.07, 6.45) is 12.8. The molecule has 102 valence electrons. The maximum atomic E-state index is 12.4. The van der Waals surface area contributed by atoms with E-state index in [1.54, 1.807) is 0 Å². The lowest BCUT2D eigenvalue weighted by Crippen LogP contribution is -2.54. The quantitative estimate of drug-likeness (QED) is 0.761. The SMILES string of the molecule is O=C(NC1CCCC1)N1CCC[C@H]2CCCC[C@H]21. The molecule has 2 atom stereocenters. The van der Waals surface area contributed by atoms with E-state index in [1.165, 1.54) is 64.2 Å². The highest BCUT2D eigenvalue weighted by molar-refractivity contribution is 5.75. The van der Waals surface area contributed by atoms with Gasteiger partial charge in [0.15, 0.2) is 0 Å². The number of fused-ring (bicyclic) bond motifs is 1. The summed E-state index contributed by atoms with van der Waals surface area (Å²) in [4.78, 5) is 14.6. The third-order valence-corrected chi connectivity index (χ3v) is 5.19. The van der Waals surface area contributed by atoms with E-state index in [9.17, 15) is 4.79 Å². The van der Waals surface area contributed by atoms with Crippen LogP contribution in [0.25, 0.3) is 0 Å². The number of urea groups is 1. The summed E-state index contributed by atoms with van der Waals surface area (Å²) in [7, 11) is 0. The lowest BCUT2D eigenvalue weighted by atomic mass is 9.78. The van der Waals surface area contributed by atoms with Crippen molar-refractivity contribution in [2.24, 2.45) is 5.92 Å². The molecule has 1 saturated heterocycles. The molecule has 0 aromatic rings. The normalized spacial score (nSPS) is 33.2. The third-order valence-electron chi connectivity index (χ3n) is 5.19. The van der Waals surface area contributed by atoms with Crippen molar-refractivity contribution in [2.45, 2.75) is 76.3 Å². The summed E-state index contributed by atoms with van der Waals surface area (Å²) < 4.78 is 0. The summed E-state index contributed by atoms with van der Waals surface area (Å²) >= 11 is 0. The van der Waals surface area contributed by atoms with Crippen LogP contribution in [-0.2, 0) is 0 Å². The highest BCUT2D eigenvalue weighted by atomic mass is 16.2. The number of carbonyl (C=O) groups is 1. The Morgan fingerprint density at radius 3 is 2.39 bits per heavy atom. The molecule has 2 amide bonds. The van der Waals surface area contributed by atoms with Gasteiger partial charge in [0.1, 0.15) is 0 Å². The zero-order valence-corrected chi connectivity index (χ0v) is 11.4. The van der Waals surface area contributed by atoms with E-state index in [4.69, 9.17) is 0 Å². The van der Waals surface area contributed by atoms with Gasteiger partial charge in [0.25, 0.3) is 0 Å². The Balaban J connectivity index is 1.60. The second-order valence-corrected chi connectivity index (χ2v) is 6.38. The molecule has 3 rings (SSSR count). The van der Waals surface area contributed by atoms with E-state index in [2.05, 4.69) is 10.2 Å². The van der Waals surface area contributed by atoms with E-state index in [0.29, 0.717) is 12.1 Å². The number of carbonyl (C=O) groups excluding carboxylic acids is 1. The fourth-order valence-electron chi connectivity index (χ4n) is 4.20. The summed E-state index contributed by atoms with van der Waals surface area (Å²) in [5.74, 6) is 0.793. The summed E-state index contributed by atoms with van der Waals surface area (Å²) in [6.45, 7) is 0.986. The fraction of sp³-hybridized carbons (Fsp3) is 0.933. The summed E-state index contributed by atoms with van der Waals surface area (Å²) in [6, 6.07) is 1.24. The first kappa shape index (κ1) is 12.3. The van der Waals surface area contributed by atoms with Gasteiger partial charge < -0.3 is 10.2 Å². The summed E-state index contributed by atoms with van der Waals surface area (Å²) in [5.41, 5.74) is 0. The number of nitrogens with one attached hydrogen (secondary N) is 1. The molecule has 0 unspecified atom stereocenters. The van der Waals surface area contributed by atoms with E-state index in [0.717, 1.165) is 12.5 Å². The second-order valence-electron chi connectivity index (χ2n) is 6.38. The topological polar surface area (TPSA) is 32.3 Å². The van der Waals surface area contributed by atoms with Gasteiger partial charge in [-0.2, -0.15) is 0 Å². The number of amides is 2. The molecule has 0 spiro atoms. The molecule has 0 aromatic heterocycles. The van der Waals surface area contributed by atoms with Gasteiger partial charge in [-0.3, -0.25) is 0 Å². The van der Waals surface area contributed by atoms with E-state index >= 15 is 0 Å². The molecule has 0 bridgehead atoms. The largest absolute Gasteiger partial charge is 0.335 e. The second kappa shape index (κ2) is 5.50. The average molecular weight is 250 g/mol. The van der Waals surface area contributed by atoms with Gasteiger partial charge >= 0.3 is 6.03 Å². The van der Waals surface area contributed by atoms with Crippen LogP contribution in [0.1, 0.15) is 64.2 Å². The van der Waals surface area contributed by atoms with Gasteiger partial charge in [0, 0.05) is 18.6 Å². The van der Waals surface area contributed by atoms with Crippen LogP contribution in [0, 0.1) is 5.92 Å². The van der Waals surface area contributed by atoms with Crippen LogP contribution in [0.4, 0.5) is 4.79 Å². The molecular formula is C15H26N2O. The van der Waals surface area contributed by atoms with E-state index in [1.807, 2.05) is 0 Å². The minimum Gasteiger partial charge on any atom is -0.335 e. The fourth-order valence-corrected chi connectivity index (χ4v) is 4.20. The Kier molecular flexibility index (Phi) is 3.76. The minimum absolute atomic E-state index is 0.235. The number of rotatable bonds is 1. The molecule has 0 aromatic carbocycles. The molecular weight excluding hydrogens is 224 g/mol. The van der Waals surface area contributed by atoms with Crippen LogP contribution in [0.5, 0.6) is 0 Å². The molecule has 2 aliphatic carbocycles. The molecule has 3 nitrogen and oxygen atoms in total. The van der Waals surface area contributed by atoms with Gasteiger partial charge in [-0.15, -0.1) is 0 Å². The minimum atomic E-state index is 0.235. The number of hydrogen-bond acceptors (Lipinski definition) is 1. The lowest BCUT2D eigenvalue weighted by Gasteiger charge is -2.44. The molecule has 18 heavy (non-hydrogen) atoms. The molecule has 3 aliphatic rings. The number of piperidine rings is 1. The van der Waals surface area contributed by atoms with E-state index in [-0.39, 0.29) is 6.03 Å². The van der Waals surface area contributed by atoms with Gasteiger partial charge in [-0.1, -0.05) is 25.7 Å². The Morgan fingerprint density at radius 2 is 1.56 bits per heavy atom. The van der Waals surface area contributed by atoms with Gasteiger partial charge in [-0.05, 0) is 44.4 Å². The Hall–Kier alpha value is -0.730. The van der Waals surface area contributed by atoms with Gasteiger partial charge in [0.2, 0.25) is 0 Å². The third kappa shape index (κ3) is 2.50. The molecule has 3 heteroatoms. The Morgan fingerprint density at radius 1 is 0.889 bits per heavy atom. The number of likely N-dealkylation sites (tertiary alicyclic amines) is 1. The van der Waals surface area contributed by atoms with Crippen molar-refractivity contribution < 1.29 is 4.79 Å². The molecule has 2 saturated carbocycles. The first-order valence-electron chi connectivity index (χ1n) is 7.92. The molecule has 1 heterocycles. The standard InChI is InChI=1S/C15H26N2O/c18-15(16-13-8-2-3-9-13)17-11-5-7-12-6-1-4-10-14(12)17/h12-14H,1-11H2,(H,16,18)/t12-,14-/m1/s1. The molecule has 1 aliphatic heterocycles. The van der Waals surface area contributed by atoms with Crippen LogP contribution in [0.2, 0.25) is 0 Å². The van der Waals surface area contributed by atoms with Crippen molar-refractivity contribution in [2.75, 3.05) is 6.54 Å². The Bertz CT molecular complexity index is 297. The molecule has 1 N–H and O–H groups in total. The smallest absolute Gasteiger partial charge is 0.317 e. The monoisotopic (exact) mass is 250 g/mol. The highest BCUT2D eigenvalue weighted by Crippen LogP contribution is 2.35. The van der Waals surface area contributed by atoms with Crippen molar-refractivity contribution in [3.8, 4) is 0 Å². The van der Waals surface area contributed by atoms with Gasteiger partial charge in [-0.25, -0.2) is 4.79 Å². The first-order chi connectivity index (χ1) is 8.84. The van der Waals surface area contributed by atoms with Crippen LogP contribution in [-0.4, -0.2) is 29.6 Å². The predicted molar refractivity (Wildman–Crippen MR) is 72.5 cm³/mol. The first-order valence-corrected chi connectivity index (χ1v) is 7.92. The lowest BCUT2D eigenvalue weighted by molar-refractivity contribution is 0.0827. The van der Waals surface area contributed by atoms with Crippen molar-refractivity contribution >= 4 is 6.03 Å². The predicted octanol–water partition coefficient (Wildman–Crippen LogP) is 3.29. The van der Waals surface area contributed by atoms with Crippen molar-refractivity contribution in [3.63, 3.8) is 0 Å². The van der Waals surface area contributed by atoms with Crippen molar-refractivity contribution in [3.05, 3.63) is 0 Å². The van der Waals surface area contributed by atoms with Gasteiger partial charge in [0.05, 0.1) is 0 Å². The zero-order valence-electron chi connectivity index (χ0n) is 11.4. The van der Waals surface area contributed by atoms with E-state index < -0.39 is 0 Å². The zero-order chi connectivity index (χ0) is 12.4. The van der Waals surface area contributed by atoms with Crippen LogP contribution in [0.15, 0.2) is 0 Å². The highest BCUT2D eigenvalue weighted by Gasteiger charge is 2.36. The maximum Gasteiger partial charge on any atom is 0.317 e. The maximum absolute atomic E-state index is 12.4. The van der Waals surface area contributed by atoms with Crippen LogP contribution >= 0.6 is 0 Å². The Labute approximate surface area is 110 Å². The summed E-state index contributed by atoms with van der Waals surface area (Å²) in [5, 5.41) is 3.27. The van der Waals surface area contributed by atoms with Crippen molar-refractivity contribution in [1.82, 2.24) is 10.2 Å². The van der Waals surface area contributed by atoms with Crippen LogP contribution in [0.3, 0.4) is 0 Å².